The Bertz CT molecular complexity index is 307. The van der Waals surface area contributed by atoms with Gasteiger partial charge in [-0.2, -0.15) is 11.3 Å². The molecule has 2 atom stereocenters. The second-order valence-corrected chi connectivity index (χ2v) is 6.42. The van der Waals surface area contributed by atoms with Gasteiger partial charge < -0.3 is 5.32 Å². The zero-order chi connectivity index (χ0) is 12.6. The van der Waals surface area contributed by atoms with Gasteiger partial charge in [0.2, 0.25) is 0 Å². The highest BCUT2D eigenvalue weighted by atomic mass is 32.1. The van der Waals surface area contributed by atoms with Gasteiger partial charge in [-0.05, 0) is 66.6 Å². The maximum Gasteiger partial charge on any atom is -0.00180 e. The van der Waals surface area contributed by atoms with Gasteiger partial charge in [-0.1, -0.05) is 32.6 Å². The van der Waals surface area contributed by atoms with Gasteiger partial charge in [-0.15, -0.1) is 0 Å². The van der Waals surface area contributed by atoms with Crippen LogP contribution in [0.15, 0.2) is 16.8 Å². The van der Waals surface area contributed by atoms with Gasteiger partial charge in [0.1, 0.15) is 0 Å². The number of nitrogens with one attached hydrogen (secondary N) is 1. The first-order chi connectivity index (χ1) is 8.90. The first-order valence-corrected chi connectivity index (χ1v) is 8.56. The third kappa shape index (κ3) is 4.40. The third-order valence-electron chi connectivity index (χ3n) is 4.36. The van der Waals surface area contributed by atoms with E-state index in [1.807, 2.05) is 11.3 Å². The zero-order valence-corrected chi connectivity index (χ0v) is 12.5. The molecular formula is C16H27NS. The van der Waals surface area contributed by atoms with Crippen LogP contribution in [-0.4, -0.2) is 13.1 Å². The third-order valence-corrected chi connectivity index (χ3v) is 5.09. The number of rotatable bonds is 6. The lowest BCUT2D eigenvalue weighted by molar-refractivity contribution is 0.285. The molecule has 0 radical (unpaired) electrons. The fourth-order valence-corrected chi connectivity index (χ4v) is 3.93. The molecule has 2 heteroatoms. The summed E-state index contributed by atoms with van der Waals surface area (Å²) < 4.78 is 0. The molecule has 0 bridgehead atoms. The maximum absolute atomic E-state index is 3.57. The van der Waals surface area contributed by atoms with Crippen molar-refractivity contribution < 1.29 is 0 Å². The second-order valence-electron chi connectivity index (χ2n) is 5.64. The molecule has 1 aliphatic rings. The Labute approximate surface area is 116 Å². The van der Waals surface area contributed by atoms with Crippen LogP contribution in [0.2, 0.25) is 0 Å². The molecule has 2 unspecified atom stereocenters. The molecule has 1 fully saturated rings. The highest BCUT2D eigenvalue weighted by Gasteiger charge is 2.22. The summed E-state index contributed by atoms with van der Waals surface area (Å²) in [6.07, 6.45) is 9.95. The molecule has 1 saturated carbocycles. The number of hydrogen-bond donors (Lipinski definition) is 1. The van der Waals surface area contributed by atoms with Crippen molar-refractivity contribution in [2.75, 3.05) is 13.1 Å². The van der Waals surface area contributed by atoms with Gasteiger partial charge in [0.05, 0.1) is 0 Å². The van der Waals surface area contributed by atoms with Crippen molar-refractivity contribution in [1.29, 1.82) is 0 Å². The lowest BCUT2D eigenvalue weighted by atomic mass is 9.83. The lowest BCUT2D eigenvalue weighted by Gasteiger charge is -2.25. The summed E-state index contributed by atoms with van der Waals surface area (Å²) in [5, 5.41) is 8.09. The fraction of sp³-hybridized carbons (Fsp3) is 0.750. The Balaban J connectivity index is 1.84. The second kappa shape index (κ2) is 7.96. The van der Waals surface area contributed by atoms with Gasteiger partial charge in [-0.25, -0.2) is 0 Å². The van der Waals surface area contributed by atoms with Gasteiger partial charge >= 0.3 is 0 Å². The molecule has 0 aliphatic heterocycles. The van der Waals surface area contributed by atoms with Crippen LogP contribution >= 0.6 is 11.3 Å². The monoisotopic (exact) mass is 265 g/mol. The largest absolute Gasteiger partial charge is 0.317 e. The molecule has 0 aromatic carbocycles. The number of thiophene rings is 1. The number of hydrogen-bond acceptors (Lipinski definition) is 2. The van der Waals surface area contributed by atoms with E-state index in [-0.39, 0.29) is 0 Å². The first kappa shape index (κ1) is 14.1. The van der Waals surface area contributed by atoms with Gasteiger partial charge in [0.15, 0.2) is 0 Å². The van der Waals surface area contributed by atoms with Gasteiger partial charge in [0.25, 0.3) is 0 Å². The van der Waals surface area contributed by atoms with Crippen molar-refractivity contribution in [3.05, 3.63) is 22.4 Å². The number of aryl methyl sites for hydroxylation is 1. The van der Waals surface area contributed by atoms with Crippen LogP contribution in [0.5, 0.6) is 0 Å². The predicted octanol–water partition coefficient (Wildman–Crippen LogP) is 4.49. The predicted molar refractivity (Wildman–Crippen MR) is 81.2 cm³/mol. The summed E-state index contributed by atoms with van der Waals surface area (Å²) in [6, 6.07) is 2.29. The Kier molecular flexibility index (Phi) is 6.22. The van der Waals surface area contributed by atoms with E-state index in [9.17, 15) is 0 Å². The van der Waals surface area contributed by atoms with Crippen molar-refractivity contribution in [2.45, 2.75) is 51.9 Å². The summed E-state index contributed by atoms with van der Waals surface area (Å²) in [5.74, 6) is 1.87. The quantitative estimate of drug-likeness (QED) is 0.747. The summed E-state index contributed by atoms with van der Waals surface area (Å²) in [7, 11) is 0. The van der Waals surface area contributed by atoms with E-state index in [0.29, 0.717) is 0 Å². The molecule has 0 spiro atoms. The standard InChI is InChI=1S/C16H27NS/c1-2-17-12-16-7-5-3-4-6-15(16)9-8-14-10-11-18-13-14/h10-11,13,15-17H,2-9,12H2,1H3. The average molecular weight is 265 g/mol. The van der Waals surface area contributed by atoms with Gasteiger partial charge in [-0.3, -0.25) is 0 Å². The molecule has 1 N–H and O–H groups in total. The molecule has 1 aliphatic carbocycles. The van der Waals surface area contributed by atoms with Crippen LogP contribution in [0.3, 0.4) is 0 Å². The minimum Gasteiger partial charge on any atom is -0.317 e. The van der Waals surface area contributed by atoms with Gasteiger partial charge in [0, 0.05) is 0 Å². The van der Waals surface area contributed by atoms with E-state index in [4.69, 9.17) is 0 Å². The molecule has 0 saturated heterocycles. The molecule has 1 aromatic heterocycles. The van der Waals surface area contributed by atoms with E-state index in [1.54, 1.807) is 5.56 Å². The first-order valence-electron chi connectivity index (χ1n) is 7.62. The van der Waals surface area contributed by atoms with Crippen molar-refractivity contribution >= 4 is 11.3 Å². The Morgan fingerprint density at radius 3 is 2.78 bits per heavy atom. The van der Waals surface area contributed by atoms with Crippen molar-refractivity contribution in [3.63, 3.8) is 0 Å². The van der Waals surface area contributed by atoms with Crippen LogP contribution in [0.4, 0.5) is 0 Å². The SMILES string of the molecule is CCNCC1CCCCCC1CCc1ccsc1. The molecular weight excluding hydrogens is 238 g/mol. The van der Waals surface area contributed by atoms with Crippen LogP contribution in [0.1, 0.15) is 51.0 Å². The maximum atomic E-state index is 3.57. The summed E-state index contributed by atoms with van der Waals surface area (Å²) in [6.45, 7) is 4.58. The topological polar surface area (TPSA) is 12.0 Å². The Morgan fingerprint density at radius 1 is 1.22 bits per heavy atom. The Hall–Kier alpha value is -0.340. The average Bonchev–Trinajstić information content (AvgIpc) is 2.80. The van der Waals surface area contributed by atoms with Crippen LogP contribution < -0.4 is 5.32 Å². The molecule has 1 nitrogen and oxygen atoms in total. The molecule has 1 aromatic rings. The summed E-state index contributed by atoms with van der Waals surface area (Å²) in [4.78, 5) is 0. The molecule has 0 amide bonds. The molecule has 2 rings (SSSR count). The lowest BCUT2D eigenvalue weighted by Crippen LogP contribution is -2.28. The fourth-order valence-electron chi connectivity index (χ4n) is 3.23. The highest BCUT2D eigenvalue weighted by molar-refractivity contribution is 7.07. The minimum atomic E-state index is 0.922. The molecule has 1 heterocycles. The smallest absolute Gasteiger partial charge is 0.00180 e. The van der Waals surface area contributed by atoms with Crippen LogP contribution in [0.25, 0.3) is 0 Å². The normalized spacial score (nSPS) is 24.9. The van der Waals surface area contributed by atoms with E-state index >= 15 is 0 Å². The van der Waals surface area contributed by atoms with Crippen LogP contribution in [0, 0.1) is 11.8 Å². The van der Waals surface area contributed by atoms with E-state index in [1.165, 1.54) is 51.5 Å². The Morgan fingerprint density at radius 2 is 2.06 bits per heavy atom. The van der Waals surface area contributed by atoms with Crippen LogP contribution in [-0.2, 0) is 6.42 Å². The van der Waals surface area contributed by atoms with Crippen molar-refractivity contribution in [2.24, 2.45) is 11.8 Å². The van der Waals surface area contributed by atoms with Crippen molar-refractivity contribution in [3.8, 4) is 0 Å². The van der Waals surface area contributed by atoms with E-state index in [2.05, 4.69) is 29.1 Å². The van der Waals surface area contributed by atoms with E-state index in [0.717, 1.165) is 18.4 Å². The van der Waals surface area contributed by atoms with E-state index < -0.39 is 0 Å². The minimum absolute atomic E-state index is 0.922. The highest BCUT2D eigenvalue weighted by Crippen LogP contribution is 2.32. The molecule has 102 valence electrons. The zero-order valence-electron chi connectivity index (χ0n) is 11.7. The summed E-state index contributed by atoms with van der Waals surface area (Å²) >= 11 is 1.83. The summed E-state index contributed by atoms with van der Waals surface area (Å²) in [5.41, 5.74) is 1.55. The van der Waals surface area contributed by atoms with Crippen molar-refractivity contribution in [1.82, 2.24) is 5.32 Å². The molecule has 18 heavy (non-hydrogen) atoms.